The maximum Gasteiger partial charge on any atom is 0.264 e. The summed E-state index contributed by atoms with van der Waals surface area (Å²) in [6, 6.07) is 18.2. The number of pyridine rings is 1. The number of benzene rings is 2. The third-order valence-electron chi connectivity index (χ3n) is 4.24. The average Bonchev–Trinajstić information content (AvgIpc) is 2.74. The number of sulfonamides is 1. The molecule has 0 saturated carbocycles. The highest BCUT2D eigenvalue weighted by molar-refractivity contribution is 7.92. The van der Waals surface area contributed by atoms with Crippen molar-refractivity contribution in [2.75, 3.05) is 23.3 Å². The Kier molecular flexibility index (Phi) is 6.13. The van der Waals surface area contributed by atoms with Crippen molar-refractivity contribution in [2.24, 2.45) is 0 Å². The number of methoxy groups -OCH3 is 1. The largest absolute Gasteiger partial charge is 0.497 e. The molecule has 1 N–H and O–H groups in total. The number of carbonyl (C=O) groups is 1. The predicted octanol–water partition coefficient (Wildman–Crippen LogP) is 3.23. The highest BCUT2D eigenvalue weighted by atomic mass is 32.2. The monoisotopic (exact) mass is 411 g/mol. The molecule has 8 heteroatoms. The molecule has 0 spiro atoms. The highest BCUT2D eigenvalue weighted by Gasteiger charge is 2.28. The molecule has 29 heavy (non-hydrogen) atoms. The molecule has 0 aliphatic carbocycles. The molecule has 0 radical (unpaired) electrons. The first-order chi connectivity index (χ1) is 13.9. The zero-order valence-corrected chi connectivity index (χ0v) is 16.9. The van der Waals surface area contributed by atoms with Crippen LogP contribution in [0.2, 0.25) is 0 Å². The van der Waals surface area contributed by atoms with Gasteiger partial charge in [0.25, 0.3) is 10.0 Å². The Morgan fingerprint density at radius 1 is 1.07 bits per heavy atom. The van der Waals surface area contributed by atoms with Gasteiger partial charge in [0.15, 0.2) is 0 Å². The van der Waals surface area contributed by atoms with Gasteiger partial charge in [0, 0.05) is 12.3 Å². The van der Waals surface area contributed by atoms with Gasteiger partial charge >= 0.3 is 0 Å². The minimum absolute atomic E-state index is 0.0906. The molecule has 2 aromatic carbocycles. The Hall–Kier alpha value is -3.39. The molecule has 7 nitrogen and oxygen atoms in total. The second kappa shape index (κ2) is 8.74. The van der Waals surface area contributed by atoms with Crippen molar-refractivity contribution in [3.05, 3.63) is 78.5 Å². The van der Waals surface area contributed by atoms with Gasteiger partial charge in [-0.15, -0.1) is 0 Å². The maximum atomic E-state index is 13.4. The van der Waals surface area contributed by atoms with E-state index in [9.17, 15) is 13.2 Å². The third-order valence-corrected chi connectivity index (χ3v) is 6.01. The lowest BCUT2D eigenvalue weighted by atomic mass is 10.2. The summed E-state index contributed by atoms with van der Waals surface area (Å²) in [5.74, 6) is 0.325. The quantitative estimate of drug-likeness (QED) is 0.645. The fourth-order valence-corrected chi connectivity index (χ4v) is 4.25. The van der Waals surface area contributed by atoms with Crippen LogP contribution < -0.4 is 14.4 Å². The molecule has 0 aliphatic heterocycles. The minimum Gasteiger partial charge on any atom is -0.497 e. The maximum absolute atomic E-state index is 13.4. The Morgan fingerprint density at radius 3 is 2.45 bits per heavy atom. The van der Waals surface area contributed by atoms with E-state index in [0.717, 1.165) is 4.31 Å². The Morgan fingerprint density at radius 2 is 1.79 bits per heavy atom. The molecule has 0 bridgehead atoms. The molecule has 3 aromatic rings. The van der Waals surface area contributed by atoms with Crippen molar-refractivity contribution in [1.29, 1.82) is 0 Å². The lowest BCUT2D eigenvalue weighted by molar-refractivity contribution is -0.114. The van der Waals surface area contributed by atoms with Gasteiger partial charge in [-0.25, -0.2) is 13.4 Å². The summed E-state index contributed by atoms with van der Waals surface area (Å²) in [4.78, 5) is 16.8. The van der Waals surface area contributed by atoms with Crippen LogP contribution in [-0.4, -0.2) is 33.0 Å². The molecule has 0 unspecified atom stereocenters. The molecule has 0 atom stereocenters. The molecule has 1 aromatic heterocycles. The van der Waals surface area contributed by atoms with Gasteiger partial charge in [0.2, 0.25) is 5.91 Å². The molecule has 3 rings (SSSR count). The summed E-state index contributed by atoms with van der Waals surface area (Å²) >= 11 is 0. The Bertz CT molecular complexity index is 1090. The predicted molar refractivity (Wildman–Crippen MR) is 112 cm³/mol. The number of hydrogen-bond acceptors (Lipinski definition) is 5. The van der Waals surface area contributed by atoms with Crippen LogP contribution >= 0.6 is 0 Å². The molecular weight excluding hydrogens is 390 g/mol. The fourth-order valence-electron chi connectivity index (χ4n) is 2.75. The topological polar surface area (TPSA) is 88.6 Å². The Labute approximate surface area is 170 Å². The van der Waals surface area contributed by atoms with Gasteiger partial charge in [-0.1, -0.05) is 30.3 Å². The molecule has 1 heterocycles. The van der Waals surface area contributed by atoms with Gasteiger partial charge in [-0.05, 0) is 42.8 Å². The van der Waals surface area contributed by atoms with Gasteiger partial charge in [-0.2, -0.15) is 0 Å². The molecule has 1 amide bonds. The van der Waals surface area contributed by atoms with Crippen molar-refractivity contribution in [2.45, 2.75) is 11.8 Å². The van der Waals surface area contributed by atoms with E-state index in [0.29, 0.717) is 22.8 Å². The zero-order chi connectivity index (χ0) is 20.9. The smallest absolute Gasteiger partial charge is 0.264 e. The number of ether oxygens (including phenoxy) is 1. The minimum atomic E-state index is -3.99. The molecular formula is C21H21N3O4S. The number of aryl methyl sites for hydroxylation is 1. The summed E-state index contributed by atoms with van der Waals surface area (Å²) < 4.78 is 33.1. The van der Waals surface area contributed by atoms with E-state index in [1.807, 2.05) is 0 Å². The first kappa shape index (κ1) is 20.3. The number of hydrogen-bond donors (Lipinski definition) is 1. The third kappa shape index (κ3) is 4.72. The van der Waals surface area contributed by atoms with E-state index in [1.54, 1.807) is 67.7 Å². The van der Waals surface area contributed by atoms with Crippen molar-refractivity contribution < 1.29 is 17.9 Å². The lowest BCUT2D eigenvalue weighted by Crippen LogP contribution is -2.38. The summed E-state index contributed by atoms with van der Waals surface area (Å²) in [5.41, 5.74) is 1.06. The van der Waals surface area contributed by atoms with E-state index in [2.05, 4.69) is 10.3 Å². The van der Waals surface area contributed by atoms with Crippen LogP contribution in [-0.2, 0) is 14.8 Å². The van der Waals surface area contributed by atoms with Crippen LogP contribution in [0.4, 0.5) is 11.5 Å². The molecule has 0 aliphatic rings. The molecule has 0 saturated heterocycles. The van der Waals surface area contributed by atoms with Gasteiger partial charge in [0.05, 0.1) is 17.7 Å². The number of rotatable bonds is 7. The summed E-state index contributed by atoms with van der Waals surface area (Å²) in [6.07, 6.45) is 1.54. The van der Waals surface area contributed by atoms with Gasteiger partial charge < -0.3 is 10.1 Å². The standard InChI is InChI=1S/C21H21N3O4S/c1-16-11-12-17(28-2)14-19(16)24(29(26,27)18-8-4-3-5-9-18)15-21(25)23-20-10-6-7-13-22-20/h3-14H,15H2,1-2H3,(H,22,23,25). The van der Waals surface area contributed by atoms with Crippen molar-refractivity contribution in [1.82, 2.24) is 4.98 Å². The van der Waals surface area contributed by atoms with Crippen LogP contribution in [0.5, 0.6) is 5.75 Å². The number of nitrogens with zero attached hydrogens (tertiary/aromatic N) is 2. The molecule has 0 fully saturated rings. The fraction of sp³-hybridized carbons (Fsp3) is 0.143. The van der Waals surface area contributed by atoms with Crippen LogP contribution in [0.1, 0.15) is 5.56 Å². The van der Waals surface area contributed by atoms with Crippen molar-refractivity contribution >= 4 is 27.4 Å². The first-order valence-corrected chi connectivity index (χ1v) is 10.3. The van der Waals surface area contributed by atoms with Crippen LogP contribution in [0.25, 0.3) is 0 Å². The van der Waals surface area contributed by atoms with E-state index >= 15 is 0 Å². The number of anilines is 2. The van der Waals surface area contributed by atoms with E-state index in [-0.39, 0.29) is 4.90 Å². The molecule has 150 valence electrons. The van der Waals surface area contributed by atoms with Crippen LogP contribution in [0.15, 0.2) is 77.8 Å². The van der Waals surface area contributed by atoms with Crippen LogP contribution in [0.3, 0.4) is 0 Å². The van der Waals surface area contributed by atoms with E-state index in [1.165, 1.54) is 19.2 Å². The van der Waals surface area contributed by atoms with Crippen molar-refractivity contribution in [3.8, 4) is 5.75 Å². The first-order valence-electron chi connectivity index (χ1n) is 8.85. The van der Waals surface area contributed by atoms with Crippen LogP contribution in [0, 0.1) is 6.92 Å². The number of nitrogens with one attached hydrogen (secondary N) is 1. The van der Waals surface area contributed by atoms with E-state index < -0.39 is 22.5 Å². The van der Waals surface area contributed by atoms with Gasteiger partial charge in [0.1, 0.15) is 18.1 Å². The second-order valence-corrected chi connectivity index (χ2v) is 8.10. The number of amides is 1. The Balaban J connectivity index is 2.01. The number of carbonyl (C=O) groups excluding carboxylic acids is 1. The van der Waals surface area contributed by atoms with Gasteiger partial charge in [-0.3, -0.25) is 9.10 Å². The highest BCUT2D eigenvalue weighted by Crippen LogP contribution is 2.30. The average molecular weight is 411 g/mol. The summed E-state index contributed by atoms with van der Waals surface area (Å²) in [5, 5.41) is 2.63. The second-order valence-electron chi connectivity index (χ2n) is 6.24. The zero-order valence-electron chi connectivity index (χ0n) is 16.1. The SMILES string of the molecule is COc1ccc(C)c(N(CC(=O)Nc2ccccn2)S(=O)(=O)c2ccccc2)c1. The van der Waals surface area contributed by atoms with E-state index in [4.69, 9.17) is 4.74 Å². The summed E-state index contributed by atoms with van der Waals surface area (Å²) in [6.45, 7) is 1.36. The van der Waals surface area contributed by atoms with Crippen molar-refractivity contribution in [3.63, 3.8) is 0 Å². The summed E-state index contributed by atoms with van der Waals surface area (Å²) in [7, 11) is -2.49. The lowest BCUT2D eigenvalue weighted by Gasteiger charge is -2.26. The number of aromatic nitrogens is 1. The normalized spacial score (nSPS) is 11.0.